The summed E-state index contributed by atoms with van der Waals surface area (Å²) >= 11 is 1.50. The van der Waals surface area contributed by atoms with Crippen LogP contribution < -0.4 is 4.74 Å². The van der Waals surface area contributed by atoms with Gasteiger partial charge in [-0.3, -0.25) is 0 Å². The molecule has 0 amide bonds. The number of hydrogen-bond acceptors (Lipinski definition) is 5. The molecule has 1 unspecified atom stereocenters. The van der Waals surface area contributed by atoms with E-state index in [1.807, 2.05) is 43.3 Å². The maximum Gasteiger partial charge on any atom is 0.191 e. The SMILES string of the molecule is CCn1c(SCC(O)COc2cccc(C)c2)nnc1-c1ccccc1C. The Bertz CT molecular complexity index is 895. The first kappa shape index (κ1) is 19.5. The normalized spacial score (nSPS) is 12.1. The Morgan fingerprint density at radius 2 is 1.93 bits per heavy atom. The lowest BCUT2D eigenvalue weighted by Gasteiger charge is -2.13. The Morgan fingerprint density at radius 1 is 1.11 bits per heavy atom. The fourth-order valence-electron chi connectivity index (χ4n) is 2.82. The second kappa shape index (κ2) is 9.06. The van der Waals surface area contributed by atoms with Crippen LogP contribution in [0.1, 0.15) is 18.1 Å². The molecule has 0 saturated heterocycles. The van der Waals surface area contributed by atoms with Crippen molar-refractivity contribution < 1.29 is 9.84 Å². The topological polar surface area (TPSA) is 60.2 Å². The van der Waals surface area contributed by atoms with Crippen LogP contribution in [-0.4, -0.2) is 38.3 Å². The van der Waals surface area contributed by atoms with Crippen molar-refractivity contribution in [2.24, 2.45) is 0 Å². The number of aromatic nitrogens is 3. The highest BCUT2D eigenvalue weighted by atomic mass is 32.2. The summed E-state index contributed by atoms with van der Waals surface area (Å²) in [6, 6.07) is 16.0. The van der Waals surface area contributed by atoms with E-state index in [2.05, 4.69) is 40.7 Å². The van der Waals surface area contributed by atoms with Gasteiger partial charge in [0.15, 0.2) is 11.0 Å². The molecule has 3 aromatic rings. The number of benzene rings is 2. The van der Waals surface area contributed by atoms with E-state index >= 15 is 0 Å². The molecule has 1 atom stereocenters. The predicted molar refractivity (Wildman–Crippen MR) is 109 cm³/mol. The molecule has 1 aromatic heterocycles. The van der Waals surface area contributed by atoms with E-state index in [0.717, 1.165) is 34.4 Å². The van der Waals surface area contributed by atoms with E-state index in [9.17, 15) is 5.11 Å². The minimum Gasteiger partial charge on any atom is -0.491 e. The molecule has 2 aromatic carbocycles. The summed E-state index contributed by atoms with van der Waals surface area (Å²) in [7, 11) is 0. The van der Waals surface area contributed by atoms with E-state index in [0.29, 0.717) is 5.75 Å². The molecule has 1 N–H and O–H groups in total. The van der Waals surface area contributed by atoms with Crippen molar-refractivity contribution in [3.8, 4) is 17.1 Å². The number of thioether (sulfide) groups is 1. The van der Waals surface area contributed by atoms with Gasteiger partial charge in [-0.2, -0.15) is 0 Å². The van der Waals surface area contributed by atoms with Crippen molar-refractivity contribution in [3.63, 3.8) is 0 Å². The lowest BCUT2D eigenvalue weighted by atomic mass is 10.1. The van der Waals surface area contributed by atoms with Crippen LogP contribution in [0.5, 0.6) is 5.75 Å². The van der Waals surface area contributed by atoms with Crippen LogP contribution in [0.2, 0.25) is 0 Å². The molecule has 0 bridgehead atoms. The molecule has 6 heteroatoms. The molecule has 0 aliphatic heterocycles. The fourth-order valence-corrected chi connectivity index (χ4v) is 3.73. The maximum atomic E-state index is 10.3. The van der Waals surface area contributed by atoms with Crippen LogP contribution in [0, 0.1) is 13.8 Å². The zero-order valence-electron chi connectivity index (χ0n) is 15.9. The van der Waals surface area contributed by atoms with Crippen molar-refractivity contribution in [2.75, 3.05) is 12.4 Å². The largest absolute Gasteiger partial charge is 0.491 e. The van der Waals surface area contributed by atoms with Gasteiger partial charge in [0.25, 0.3) is 0 Å². The first-order chi connectivity index (χ1) is 13.1. The number of nitrogens with zero attached hydrogens (tertiary/aromatic N) is 3. The van der Waals surface area contributed by atoms with Gasteiger partial charge >= 0.3 is 0 Å². The summed E-state index contributed by atoms with van der Waals surface area (Å²) in [5, 5.41) is 19.8. The molecule has 0 saturated carbocycles. The van der Waals surface area contributed by atoms with Gasteiger partial charge in [-0.05, 0) is 44.0 Å². The van der Waals surface area contributed by atoms with Gasteiger partial charge in [0, 0.05) is 17.9 Å². The standard InChI is InChI=1S/C21H25N3O2S/c1-4-24-20(19-11-6-5-9-16(19)3)22-23-21(24)27-14-17(25)13-26-18-10-7-8-15(2)12-18/h5-12,17,25H,4,13-14H2,1-3H3. The molecule has 0 aliphatic carbocycles. The smallest absolute Gasteiger partial charge is 0.191 e. The van der Waals surface area contributed by atoms with Crippen molar-refractivity contribution in [2.45, 2.75) is 38.6 Å². The zero-order chi connectivity index (χ0) is 19.2. The second-order valence-electron chi connectivity index (χ2n) is 6.46. The lowest BCUT2D eigenvalue weighted by molar-refractivity contribution is 0.126. The average molecular weight is 384 g/mol. The van der Waals surface area contributed by atoms with Crippen molar-refractivity contribution >= 4 is 11.8 Å². The molecule has 27 heavy (non-hydrogen) atoms. The quantitative estimate of drug-likeness (QED) is 0.593. The Kier molecular flexibility index (Phi) is 6.53. The van der Waals surface area contributed by atoms with E-state index in [1.54, 1.807) is 0 Å². The van der Waals surface area contributed by atoms with Gasteiger partial charge in [0.1, 0.15) is 12.4 Å². The number of aryl methyl sites for hydroxylation is 2. The monoisotopic (exact) mass is 383 g/mol. The summed E-state index contributed by atoms with van der Waals surface area (Å²) in [6.45, 7) is 7.19. The predicted octanol–water partition coefficient (Wildman–Crippen LogP) is 4.11. The van der Waals surface area contributed by atoms with Gasteiger partial charge < -0.3 is 14.4 Å². The number of aliphatic hydroxyl groups excluding tert-OH is 1. The number of rotatable bonds is 8. The number of hydrogen-bond donors (Lipinski definition) is 1. The molecular weight excluding hydrogens is 358 g/mol. The van der Waals surface area contributed by atoms with Gasteiger partial charge in [-0.15, -0.1) is 10.2 Å². The van der Waals surface area contributed by atoms with Crippen LogP contribution in [0.25, 0.3) is 11.4 Å². The Morgan fingerprint density at radius 3 is 2.67 bits per heavy atom. The summed E-state index contributed by atoms with van der Waals surface area (Å²) < 4.78 is 7.76. The van der Waals surface area contributed by atoms with Crippen LogP contribution in [-0.2, 0) is 6.54 Å². The molecule has 0 spiro atoms. The molecule has 3 rings (SSSR count). The average Bonchev–Trinajstić information content (AvgIpc) is 3.08. The maximum absolute atomic E-state index is 10.3. The third kappa shape index (κ3) is 4.90. The van der Waals surface area contributed by atoms with Gasteiger partial charge in [0.05, 0.1) is 6.10 Å². The van der Waals surface area contributed by atoms with E-state index in [1.165, 1.54) is 17.3 Å². The second-order valence-corrected chi connectivity index (χ2v) is 7.44. The molecule has 0 radical (unpaired) electrons. The third-order valence-corrected chi connectivity index (χ3v) is 5.37. The Balaban J connectivity index is 1.62. The minimum atomic E-state index is -0.584. The van der Waals surface area contributed by atoms with Crippen LogP contribution in [0.3, 0.4) is 0 Å². The zero-order valence-corrected chi connectivity index (χ0v) is 16.7. The van der Waals surface area contributed by atoms with Crippen molar-refractivity contribution in [1.82, 2.24) is 14.8 Å². The molecule has 0 fully saturated rings. The number of aliphatic hydroxyl groups is 1. The molecule has 1 heterocycles. The summed E-state index contributed by atoms with van der Waals surface area (Å²) in [6.07, 6.45) is -0.584. The Labute approximate surface area is 164 Å². The summed E-state index contributed by atoms with van der Waals surface area (Å²) in [5.74, 6) is 2.14. The first-order valence-electron chi connectivity index (χ1n) is 9.08. The summed E-state index contributed by atoms with van der Waals surface area (Å²) in [5.41, 5.74) is 3.39. The third-order valence-electron chi connectivity index (χ3n) is 4.26. The van der Waals surface area contributed by atoms with Crippen LogP contribution in [0.4, 0.5) is 0 Å². The van der Waals surface area contributed by atoms with E-state index in [4.69, 9.17) is 4.74 Å². The molecular formula is C21H25N3O2S. The fraction of sp³-hybridized carbons (Fsp3) is 0.333. The van der Waals surface area contributed by atoms with Crippen molar-refractivity contribution in [1.29, 1.82) is 0 Å². The highest BCUT2D eigenvalue weighted by Crippen LogP contribution is 2.26. The number of ether oxygens (including phenoxy) is 1. The summed E-state index contributed by atoms with van der Waals surface area (Å²) in [4.78, 5) is 0. The Hall–Kier alpha value is -2.31. The highest BCUT2D eigenvalue weighted by molar-refractivity contribution is 7.99. The molecule has 0 aliphatic rings. The van der Waals surface area contributed by atoms with E-state index in [-0.39, 0.29) is 6.61 Å². The van der Waals surface area contributed by atoms with Gasteiger partial charge in [0.2, 0.25) is 0 Å². The van der Waals surface area contributed by atoms with Crippen LogP contribution >= 0.6 is 11.8 Å². The highest BCUT2D eigenvalue weighted by Gasteiger charge is 2.16. The lowest BCUT2D eigenvalue weighted by Crippen LogP contribution is -2.20. The first-order valence-corrected chi connectivity index (χ1v) is 10.1. The van der Waals surface area contributed by atoms with E-state index < -0.39 is 6.10 Å². The van der Waals surface area contributed by atoms with Crippen LogP contribution in [0.15, 0.2) is 53.7 Å². The van der Waals surface area contributed by atoms with Crippen molar-refractivity contribution in [3.05, 3.63) is 59.7 Å². The van der Waals surface area contributed by atoms with Gasteiger partial charge in [-0.25, -0.2) is 0 Å². The van der Waals surface area contributed by atoms with Gasteiger partial charge in [-0.1, -0.05) is 48.2 Å². The molecule has 5 nitrogen and oxygen atoms in total. The molecule has 142 valence electrons. The minimum absolute atomic E-state index is 0.251.